The van der Waals surface area contributed by atoms with Crippen LogP contribution in [0, 0.1) is 0 Å². The van der Waals surface area contributed by atoms with Gasteiger partial charge in [0, 0.05) is 61.5 Å². The van der Waals surface area contributed by atoms with Crippen molar-refractivity contribution >= 4 is 46.4 Å². The summed E-state index contributed by atoms with van der Waals surface area (Å²) in [5.74, 6) is 0. The molecule has 4 heterocycles. The number of hydrogen-bond acceptors (Lipinski definition) is 7. The van der Waals surface area contributed by atoms with Crippen molar-refractivity contribution in [2.45, 2.75) is 37.3 Å². The van der Waals surface area contributed by atoms with Crippen LogP contribution in [0.2, 0.25) is 30.8 Å². The van der Waals surface area contributed by atoms with Gasteiger partial charge in [-0.3, -0.25) is 9.71 Å². The van der Waals surface area contributed by atoms with Crippen LogP contribution in [-0.4, -0.2) is 47.8 Å². The molecular weight excluding hydrogens is 564 g/mol. The first-order valence-electron chi connectivity index (χ1n) is 12.7. The topological polar surface area (TPSA) is 112 Å². The van der Waals surface area contributed by atoms with E-state index in [9.17, 15) is 8.42 Å². The maximum Gasteiger partial charge on any atom is 0.261 e. The molecular formula is C28H29ClN6O3SSi. The molecule has 0 aliphatic rings. The van der Waals surface area contributed by atoms with Gasteiger partial charge in [0.05, 0.1) is 10.6 Å². The number of benzene rings is 1. The Morgan fingerprint density at radius 3 is 2.38 bits per heavy atom. The maximum absolute atomic E-state index is 12.9. The van der Waals surface area contributed by atoms with E-state index in [0.29, 0.717) is 17.8 Å². The van der Waals surface area contributed by atoms with Crippen molar-refractivity contribution in [1.82, 2.24) is 24.7 Å². The van der Waals surface area contributed by atoms with Gasteiger partial charge in [0.2, 0.25) is 0 Å². The van der Waals surface area contributed by atoms with Crippen molar-refractivity contribution in [2.24, 2.45) is 0 Å². The Hall–Kier alpha value is -3.64. The molecule has 0 bridgehead atoms. The number of rotatable bonds is 10. The summed E-state index contributed by atoms with van der Waals surface area (Å²) in [5, 5.41) is 5.68. The molecule has 0 saturated carbocycles. The molecule has 5 rings (SSSR count). The normalized spacial score (nSPS) is 12.1. The summed E-state index contributed by atoms with van der Waals surface area (Å²) < 4.78 is 36.1. The molecule has 0 saturated heterocycles. The molecule has 0 amide bonds. The Bertz CT molecular complexity index is 1740. The van der Waals surface area contributed by atoms with E-state index in [1.807, 2.05) is 18.2 Å². The number of anilines is 1. The highest BCUT2D eigenvalue weighted by Gasteiger charge is 2.19. The van der Waals surface area contributed by atoms with Crippen LogP contribution >= 0.6 is 11.6 Å². The number of ether oxygens (including phenoxy) is 1. The van der Waals surface area contributed by atoms with E-state index in [1.54, 1.807) is 53.7 Å². The second-order valence-corrected chi connectivity index (χ2v) is 18.2. The van der Waals surface area contributed by atoms with Gasteiger partial charge >= 0.3 is 0 Å². The fourth-order valence-corrected chi connectivity index (χ4v) is 6.08. The third-order valence-electron chi connectivity index (χ3n) is 6.22. The van der Waals surface area contributed by atoms with Crippen LogP contribution in [0.3, 0.4) is 0 Å². The molecule has 5 aromatic rings. The quantitative estimate of drug-likeness (QED) is 0.115. The first-order valence-corrected chi connectivity index (χ1v) is 18.3. The molecule has 0 aliphatic carbocycles. The van der Waals surface area contributed by atoms with Crippen LogP contribution < -0.4 is 4.72 Å². The standard InChI is InChI=1S/C28H29ClN6O3SSi/c1-40(2,3)14-13-38-19-35-28-24(26(33-35)20-9-11-30-12-10-20)15-21(18-32-28)22-16-25(27(29)31-17-22)34-39(36,37)23-7-5-4-6-8-23/h4-12,15-18,34H,13-14,19H2,1-3H3. The summed E-state index contributed by atoms with van der Waals surface area (Å²) in [5.41, 5.74) is 3.85. The molecule has 1 aromatic carbocycles. The van der Waals surface area contributed by atoms with Gasteiger partial charge in [0.1, 0.15) is 12.4 Å². The molecule has 0 aliphatic heterocycles. The van der Waals surface area contributed by atoms with E-state index in [0.717, 1.165) is 28.3 Å². The van der Waals surface area contributed by atoms with Crippen LogP contribution in [0.15, 0.2) is 84.3 Å². The molecule has 0 radical (unpaired) electrons. The number of halogens is 1. The molecule has 9 nitrogen and oxygen atoms in total. The van der Waals surface area contributed by atoms with Crippen LogP contribution in [0.1, 0.15) is 0 Å². The monoisotopic (exact) mass is 592 g/mol. The second kappa shape index (κ2) is 11.5. The maximum atomic E-state index is 12.9. The predicted molar refractivity (Wildman–Crippen MR) is 160 cm³/mol. The number of nitrogens with one attached hydrogen (secondary N) is 1. The van der Waals surface area contributed by atoms with Gasteiger partial charge in [0.25, 0.3) is 10.0 Å². The molecule has 206 valence electrons. The Kier molecular flexibility index (Phi) is 7.99. The van der Waals surface area contributed by atoms with Crippen LogP contribution in [0.4, 0.5) is 5.69 Å². The van der Waals surface area contributed by atoms with Crippen molar-refractivity contribution in [2.75, 3.05) is 11.3 Å². The highest BCUT2D eigenvalue weighted by atomic mass is 35.5. The first kappa shape index (κ1) is 27.9. The number of hydrogen-bond donors (Lipinski definition) is 1. The first-order chi connectivity index (χ1) is 19.1. The fourth-order valence-electron chi connectivity index (χ4n) is 4.04. The number of nitrogens with zero attached hydrogens (tertiary/aromatic N) is 5. The van der Waals surface area contributed by atoms with Gasteiger partial charge in [-0.25, -0.2) is 23.1 Å². The van der Waals surface area contributed by atoms with Gasteiger partial charge in [-0.15, -0.1) is 0 Å². The van der Waals surface area contributed by atoms with E-state index in [-0.39, 0.29) is 22.5 Å². The predicted octanol–water partition coefficient (Wildman–Crippen LogP) is 6.32. The van der Waals surface area contributed by atoms with Gasteiger partial charge < -0.3 is 4.74 Å². The lowest BCUT2D eigenvalue weighted by Gasteiger charge is -2.15. The average molecular weight is 593 g/mol. The third kappa shape index (κ3) is 6.39. The molecule has 12 heteroatoms. The average Bonchev–Trinajstić information content (AvgIpc) is 3.30. The van der Waals surface area contributed by atoms with Crippen molar-refractivity contribution in [3.8, 4) is 22.4 Å². The van der Waals surface area contributed by atoms with Crippen LogP contribution in [-0.2, 0) is 21.5 Å². The molecule has 4 aromatic heterocycles. The van der Waals surface area contributed by atoms with E-state index in [4.69, 9.17) is 26.4 Å². The third-order valence-corrected chi connectivity index (χ3v) is 9.61. The van der Waals surface area contributed by atoms with Gasteiger partial charge in [0.15, 0.2) is 10.8 Å². The zero-order valence-electron chi connectivity index (χ0n) is 22.4. The number of pyridine rings is 3. The van der Waals surface area contributed by atoms with Crippen molar-refractivity contribution < 1.29 is 13.2 Å². The number of aromatic nitrogens is 5. The largest absolute Gasteiger partial charge is 0.359 e. The molecule has 0 atom stereocenters. The minimum Gasteiger partial charge on any atom is -0.359 e. The fraction of sp³-hybridized carbons (Fsp3) is 0.214. The molecule has 1 N–H and O–H groups in total. The minimum atomic E-state index is -3.85. The summed E-state index contributed by atoms with van der Waals surface area (Å²) in [6.07, 6.45) is 6.73. The zero-order chi connectivity index (χ0) is 28.3. The smallest absolute Gasteiger partial charge is 0.261 e. The van der Waals surface area contributed by atoms with Crippen molar-refractivity contribution in [3.05, 3.63) is 84.5 Å². The SMILES string of the molecule is C[Si](C)(C)CCOCn1nc(-c2ccncc2)c2cc(-c3cnc(Cl)c(NS(=O)(=O)c4ccccc4)c3)cnc21. The highest BCUT2D eigenvalue weighted by molar-refractivity contribution is 7.92. The number of sulfonamides is 1. The molecule has 0 unspecified atom stereocenters. The van der Waals surface area contributed by atoms with E-state index in [2.05, 4.69) is 34.3 Å². The Balaban J connectivity index is 1.50. The minimum absolute atomic E-state index is 0.0399. The Labute approximate surface area is 239 Å². The van der Waals surface area contributed by atoms with Crippen molar-refractivity contribution in [3.63, 3.8) is 0 Å². The Morgan fingerprint density at radius 2 is 1.65 bits per heavy atom. The lowest BCUT2D eigenvalue weighted by molar-refractivity contribution is 0.0814. The lowest BCUT2D eigenvalue weighted by Crippen LogP contribution is -2.22. The van der Waals surface area contributed by atoms with Crippen molar-refractivity contribution in [1.29, 1.82) is 0 Å². The highest BCUT2D eigenvalue weighted by Crippen LogP contribution is 2.33. The molecule has 40 heavy (non-hydrogen) atoms. The van der Waals surface area contributed by atoms with E-state index in [1.165, 1.54) is 12.1 Å². The Morgan fingerprint density at radius 1 is 0.950 bits per heavy atom. The summed E-state index contributed by atoms with van der Waals surface area (Å²) in [7, 11) is -5.07. The zero-order valence-corrected chi connectivity index (χ0v) is 24.9. The van der Waals surface area contributed by atoms with Gasteiger partial charge in [-0.05, 0) is 42.4 Å². The summed E-state index contributed by atoms with van der Waals surface area (Å²) in [6, 6.07) is 16.5. The molecule has 0 spiro atoms. The summed E-state index contributed by atoms with van der Waals surface area (Å²) in [4.78, 5) is 13.2. The van der Waals surface area contributed by atoms with Gasteiger partial charge in [-0.1, -0.05) is 49.4 Å². The summed E-state index contributed by atoms with van der Waals surface area (Å²) in [6.45, 7) is 7.89. The second-order valence-electron chi connectivity index (χ2n) is 10.5. The van der Waals surface area contributed by atoms with Crippen LogP contribution in [0.25, 0.3) is 33.4 Å². The lowest BCUT2D eigenvalue weighted by atomic mass is 10.1. The van der Waals surface area contributed by atoms with Gasteiger partial charge in [-0.2, -0.15) is 5.10 Å². The van der Waals surface area contributed by atoms with E-state index >= 15 is 0 Å². The summed E-state index contributed by atoms with van der Waals surface area (Å²) >= 11 is 6.28. The molecule has 0 fully saturated rings. The van der Waals surface area contributed by atoms with E-state index < -0.39 is 18.1 Å². The van der Waals surface area contributed by atoms with Crippen LogP contribution in [0.5, 0.6) is 0 Å². The number of fused-ring (bicyclic) bond motifs is 1.